The Kier molecular flexibility index (Phi) is 5.42. The van der Waals surface area contributed by atoms with Crippen LogP contribution < -0.4 is 5.32 Å². The lowest BCUT2D eigenvalue weighted by molar-refractivity contribution is -0.0324. The molecule has 1 aliphatic rings. The highest BCUT2D eigenvalue weighted by molar-refractivity contribution is 5.98. The number of aromatic nitrogens is 3. The molecule has 9 nitrogen and oxygen atoms in total. The number of carbonyl (C=O) groups is 2. The lowest BCUT2D eigenvalue weighted by atomic mass is 10.0. The Morgan fingerprint density at radius 2 is 2.20 bits per heavy atom. The van der Waals surface area contributed by atoms with E-state index in [2.05, 4.69) is 20.3 Å². The number of rotatable bonds is 4. The minimum atomic E-state index is -1.48. The van der Waals surface area contributed by atoms with E-state index in [0.29, 0.717) is 10.9 Å². The van der Waals surface area contributed by atoms with Crippen molar-refractivity contribution in [3.63, 3.8) is 0 Å². The summed E-state index contributed by atoms with van der Waals surface area (Å²) in [6.07, 6.45) is 4.16. The highest BCUT2D eigenvalue weighted by atomic mass is 19.1. The molecule has 30 heavy (non-hydrogen) atoms. The van der Waals surface area contributed by atoms with E-state index in [9.17, 15) is 19.1 Å². The summed E-state index contributed by atoms with van der Waals surface area (Å²) in [5.74, 6) is -1.24. The second kappa shape index (κ2) is 8.17. The SMILES string of the molecule is O=C(NCC1(O)COCCN(C(=O)c2cc3ccc(F)cc3[nH]2)C1)c1cnccn1. The number of nitrogens with one attached hydrogen (secondary N) is 2. The molecule has 1 saturated heterocycles. The van der Waals surface area contributed by atoms with Gasteiger partial charge in [0.15, 0.2) is 0 Å². The third-order valence-corrected chi connectivity index (χ3v) is 4.84. The van der Waals surface area contributed by atoms with Gasteiger partial charge in [-0.05, 0) is 24.3 Å². The topological polar surface area (TPSA) is 120 Å². The van der Waals surface area contributed by atoms with Gasteiger partial charge < -0.3 is 25.0 Å². The lowest BCUT2D eigenvalue weighted by Gasteiger charge is -2.30. The number of H-pyrrole nitrogens is 1. The van der Waals surface area contributed by atoms with Gasteiger partial charge in [0.1, 0.15) is 22.8 Å². The van der Waals surface area contributed by atoms with Gasteiger partial charge in [0.2, 0.25) is 0 Å². The molecule has 0 radical (unpaired) electrons. The molecule has 1 fully saturated rings. The van der Waals surface area contributed by atoms with Crippen LogP contribution in [0.2, 0.25) is 0 Å². The molecule has 156 valence electrons. The zero-order valence-corrected chi connectivity index (χ0v) is 16.0. The lowest BCUT2D eigenvalue weighted by Crippen LogP contribution is -2.53. The fraction of sp³-hybridized carbons (Fsp3) is 0.300. The quantitative estimate of drug-likeness (QED) is 0.580. The number of amides is 2. The molecule has 3 N–H and O–H groups in total. The molecule has 1 aromatic carbocycles. The molecule has 2 aromatic heterocycles. The number of fused-ring (bicyclic) bond motifs is 1. The predicted molar refractivity (Wildman–Crippen MR) is 104 cm³/mol. The van der Waals surface area contributed by atoms with E-state index in [1.807, 2.05) is 0 Å². The largest absolute Gasteiger partial charge is 0.384 e. The monoisotopic (exact) mass is 413 g/mol. The van der Waals surface area contributed by atoms with Gasteiger partial charge in [-0.1, -0.05) is 0 Å². The van der Waals surface area contributed by atoms with Gasteiger partial charge in [-0.3, -0.25) is 14.6 Å². The predicted octanol–water partition coefficient (Wildman–Crippen LogP) is 0.730. The second-order valence-corrected chi connectivity index (χ2v) is 7.19. The molecule has 3 heterocycles. The van der Waals surface area contributed by atoms with E-state index in [1.54, 1.807) is 12.1 Å². The maximum Gasteiger partial charge on any atom is 0.271 e. The molecule has 1 aliphatic heterocycles. The highest BCUT2D eigenvalue weighted by Crippen LogP contribution is 2.20. The van der Waals surface area contributed by atoms with Crippen molar-refractivity contribution < 1.29 is 23.8 Å². The summed E-state index contributed by atoms with van der Waals surface area (Å²) in [4.78, 5) is 37.3. The Labute approximate surface area is 170 Å². The Balaban J connectivity index is 1.47. The molecular formula is C20H20FN5O4. The van der Waals surface area contributed by atoms with Crippen LogP contribution in [0.4, 0.5) is 4.39 Å². The van der Waals surface area contributed by atoms with E-state index in [0.717, 1.165) is 0 Å². The van der Waals surface area contributed by atoms with Crippen LogP contribution in [0.1, 0.15) is 21.0 Å². The number of aliphatic hydroxyl groups is 1. The highest BCUT2D eigenvalue weighted by Gasteiger charge is 2.35. The molecule has 0 bridgehead atoms. The van der Waals surface area contributed by atoms with Crippen LogP contribution in [0, 0.1) is 5.82 Å². The summed E-state index contributed by atoms with van der Waals surface area (Å²) in [6, 6.07) is 5.86. The molecule has 1 unspecified atom stereocenters. The van der Waals surface area contributed by atoms with Crippen LogP contribution in [0.25, 0.3) is 10.9 Å². The standard InChI is InChI=1S/C20H20FN5O4/c21-14-2-1-13-7-16(25-15(13)8-14)19(28)26-5-6-30-12-20(29,11-26)10-24-18(27)17-9-22-3-4-23-17/h1-4,7-9,25,29H,5-6,10-12H2,(H,24,27). The van der Waals surface area contributed by atoms with Crippen LogP contribution in [0.15, 0.2) is 42.9 Å². The van der Waals surface area contributed by atoms with Gasteiger partial charge in [-0.2, -0.15) is 0 Å². The molecule has 4 rings (SSSR count). The molecular weight excluding hydrogens is 393 g/mol. The molecule has 0 spiro atoms. The van der Waals surface area contributed by atoms with Gasteiger partial charge in [0.05, 0.1) is 32.5 Å². The first-order chi connectivity index (χ1) is 14.4. The van der Waals surface area contributed by atoms with Gasteiger partial charge in [-0.25, -0.2) is 9.37 Å². The third-order valence-electron chi connectivity index (χ3n) is 4.84. The average Bonchev–Trinajstić information content (AvgIpc) is 3.07. The zero-order chi connectivity index (χ0) is 21.1. The number of ether oxygens (including phenoxy) is 1. The summed E-state index contributed by atoms with van der Waals surface area (Å²) < 4.78 is 18.9. The number of hydrogen-bond donors (Lipinski definition) is 3. The van der Waals surface area contributed by atoms with E-state index >= 15 is 0 Å². The average molecular weight is 413 g/mol. The van der Waals surface area contributed by atoms with Gasteiger partial charge in [0, 0.05) is 29.8 Å². The normalized spacial score (nSPS) is 19.5. The van der Waals surface area contributed by atoms with Crippen LogP contribution in [-0.2, 0) is 4.74 Å². The third kappa shape index (κ3) is 4.29. The number of carbonyl (C=O) groups excluding carboxylic acids is 2. The van der Waals surface area contributed by atoms with E-state index < -0.39 is 17.3 Å². The molecule has 1 atom stereocenters. The first kappa shape index (κ1) is 19.9. The molecule has 3 aromatic rings. The first-order valence-corrected chi connectivity index (χ1v) is 9.35. The number of aromatic amines is 1. The van der Waals surface area contributed by atoms with Crippen molar-refractivity contribution in [3.8, 4) is 0 Å². The van der Waals surface area contributed by atoms with Crippen molar-refractivity contribution in [2.24, 2.45) is 0 Å². The summed E-state index contributed by atoms with van der Waals surface area (Å²) in [7, 11) is 0. The Bertz CT molecular complexity index is 1070. The van der Waals surface area contributed by atoms with Crippen LogP contribution in [0.3, 0.4) is 0 Å². The molecule has 2 amide bonds. The van der Waals surface area contributed by atoms with Crippen molar-refractivity contribution in [1.29, 1.82) is 0 Å². The number of hydrogen-bond acceptors (Lipinski definition) is 6. The minimum Gasteiger partial charge on any atom is -0.384 e. The van der Waals surface area contributed by atoms with Crippen molar-refractivity contribution in [2.45, 2.75) is 5.60 Å². The van der Waals surface area contributed by atoms with Crippen LogP contribution in [0.5, 0.6) is 0 Å². The summed E-state index contributed by atoms with van der Waals surface area (Å²) >= 11 is 0. The minimum absolute atomic E-state index is 0.0453. The van der Waals surface area contributed by atoms with Crippen molar-refractivity contribution in [2.75, 3.05) is 32.8 Å². The Morgan fingerprint density at radius 3 is 3.00 bits per heavy atom. The molecule has 10 heteroatoms. The van der Waals surface area contributed by atoms with Crippen molar-refractivity contribution in [3.05, 3.63) is 60.1 Å². The molecule has 0 aliphatic carbocycles. The number of benzene rings is 1. The van der Waals surface area contributed by atoms with Crippen molar-refractivity contribution >= 4 is 22.7 Å². The van der Waals surface area contributed by atoms with E-state index in [1.165, 1.54) is 35.6 Å². The Morgan fingerprint density at radius 1 is 1.33 bits per heavy atom. The van der Waals surface area contributed by atoms with Gasteiger partial charge in [0.25, 0.3) is 11.8 Å². The van der Waals surface area contributed by atoms with E-state index in [-0.39, 0.29) is 50.1 Å². The maximum absolute atomic E-state index is 13.4. The number of nitrogens with zero attached hydrogens (tertiary/aromatic N) is 3. The fourth-order valence-corrected chi connectivity index (χ4v) is 3.33. The van der Waals surface area contributed by atoms with E-state index in [4.69, 9.17) is 4.74 Å². The van der Waals surface area contributed by atoms with Gasteiger partial charge >= 0.3 is 0 Å². The number of β-amino-alcohol motifs (C(OH)–C–C–N with tert-alkyl or cyclic N) is 1. The smallest absolute Gasteiger partial charge is 0.271 e. The number of halogens is 1. The fourth-order valence-electron chi connectivity index (χ4n) is 3.33. The Hall–Kier alpha value is -3.37. The zero-order valence-electron chi connectivity index (χ0n) is 16.0. The van der Waals surface area contributed by atoms with Crippen LogP contribution >= 0.6 is 0 Å². The first-order valence-electron chi connectivity index (χ1n) is 9.35. The summed E-state index contributed by atoms with van der Waals surface area (Å²) in [5.41, 5.74) is -0.574. The van der Waals surface area contributed by atoms with Crippen molar-refractivity contribution in [1.82, 2.24) is 25.2 Å². The summed E-state index contributed by atoms with van der Waals surface area (Å²) in [6.45, 7) is 0.278. The van der Waals surface area contributed by atoms with Crippen LogP contribution in [-0.4, -0.2) is 75.2 Å². The molecule has 0 saturated carbocycles. The maximum atomic E-state index is 13.4. The summed E-state index contributed by atoms with van der Waals surface area (Å²) in [5, 5.41) is 14.3. The second-order valence-electron chi connectivity index (χ2n) is 7.19. The van der Waals surface area contributed by atoms with Gasteiger partial charge in [-0.15, -0.1) is 0 Å².